The summed E-state index contributed by atoms with van der Waals surface area (Å²) in [6.07, 6.45) is 1.62. The zero-order valence-electron chi connectivity index (χ0n) is 12.3. The summed E-state index contributed by atoms with van der Waals surface area (Å²) in [5, 5.41) is 5.61. The van der Waals surface area contributed by atoms with E-state index in [1.165, 1.54) is 11.3 Å². The number of nitrogens with zero attached hydrogens (tertiary/aromatic N) is 1. The van der Waals surface area contributed by atoms with Gasteiger partial charge in [-0.25, -0.2) is 4.98 Å². The summed E-state index contributed by atoms with van der Waals surface area (Å²) < 4.78 is 5.06. The molecule has 0 saturated carbocycles. The monoisotopic (exact) mass is 321 g/mol. The molecule has 1 heterocycles. The van der Waals surface area contributed by atoms with Crippen molar-refractivity contribution in [2.45, 2.75) is 26.7 Å². The first kappa shape index (κ1) is 19.3. The largest absolute Gasteiger partial charge is 0.385 e. The van der Waals surface area contributed by atoms with Gasteiger partial charge in [-0.2, -0.15) is 0 Å². The van der Waals surface area contributed by atoms with Crippen LogP contribution in [0.4, 0.5) is 0 Å². The second-order valence-electron chi connectivity index (χ2n) is 5.25. The number of thiazole rings is 1. The lowest BCUT2D eigenvalue weighted by atomic mass is 9.90. The van der Waals surface area contributed by atoms with Crippen LogP contribution in [-0.4, -0.2) is 37.7 Å². The first-order chi connectivity index (χ1) is 8.98. The van der Waals surface area contributed by atoms with Crippen LogP contribution < -0.4 is 11.1 Å². The lowest BCUT2D eigenvalue weighted by Gasteiger charge is -2.24. The number of methoxy groups -OCH3 is 1. The molecule has 0 aliphatic carbocycles. The Hall–Kier alpha value is -0.690. The first-order valence-electron chi connectivity index (χ1n) is 6.40. The first-order valence-corrected chi connectivity index (χ1v) is 7.28. The number of nitrogens with one attached hydrogen (secondary N) is 1. The normalized spacial score (nSPS) is 11.0. The zero-order chi connectivity index (χ0) is 14.3. The van der Waals surface area contributed by atoms with Gasteiger partial charge in [0.15, 0.2) is 0 Å². The van der Waals surface area contributed by atoms with Gasteiger partial charge in [-0.1, -0.05) is 13.8 Å². The molecule has 0 spiro atoms. The van der Waals surface area contributed by atoms with Crippen molar-refractivity contribution >= 4 is 29.7 Å². The van der Waals surface area contributed by atoms with Gasteiger partial charge in [0, 0.05) is 32.1 Å². The number of carbonyl (C=O) groups excluding carboxylic acids is 1. The Morgan fingerprint density at radius 1 is 1.55 bits per heavy atom. The van der Waals surface area contributed by atoms with Crippen LogP contribution in [0.15, 0.2) is 5.38 Å². The van der Waals surface area contributed by atoms with Crippen molar-refractivity contribution in [1.82, 2.24) is 10.3 Å². The van der Waals surface area contributed by atoms with Crippen molar-refractivity contribution in [2.75, 3.05) is 26.8 Å². The average molecular weight is 322 g/mol. The Bertz CT molecular complexity index is 410. The maximum Gasteiger partial charge on any atom is 0.270 e. The number of aromatic nitrogens is 1. The number of ether oxygens (including phenoxy) is 1. The third-order valence-corrected chi connectivity index (χ3v) is 3.76. The Kier molecular flexibility index (Phi) is 8.96. The number of hydrogen-bond acceptors (Lipinski definition) is 5. The highest BCUT2D eigenvalue weighted by atomic mass is 35.5. The third-order valence-electron chi connectivity index (χ3n) is 2.85. The molecule has 0 unspecified atom stereocenters. The number of rotatable bonds is 8. The van der Waals surface area contributed by atoms with Gasteiger partial charge in [-0.15, -0.1) is 23.7 Å². The van der Waals surface area contributed by atoms with Crippen LogP contribution in [0.3, 0.4) is 0 Å². The number of nitrogens with two attached hydrogens (primary N) is 1. The van der Waals surface area contributed by atoms with Gasteiger partial charge in [0.1, 0.15) is 5.69 Å². The minimum Gasteiger partial charge on any atom is -0.385 e. The molecule has 116 valence electrons. The fourth-order valence-electron chi connectivity index (χ4n) is 1.53. The van der Waals surface area contributed by atoms with E-state index in [0.29, 0.717) is 25.4 Å². The highest BCUT2D eigenvalue weighted by Crippen LogP contribution is 2.19. The predicted octanol–water partition coefficient (Wildman–Crippen LogP) is 1.86. The van der Waals surface area contributed by atoms with Gasteiger partial charge < -0.3 is 15.8 Å². The molecule has 0 aliphatic heterocycles. The van der Waals surface area contributed by atoms with Crippen molar-refractivity contribution in [1.29, 1.82) is 0 Å². The van der Waals surface area contributed by atoms with Crippen molar-refractivity contribution in [3.63, 3.8) is 0 Å². The molecule has 0 bridgehead atoms. The summed E-state index contributed by atoms with van der Waals surface area (Å²) in [6, 6.07) is 0. The highest BCUT2D eigenvalue weighted by Gasteiger charge is 2.19. The van der Waals surface area contributed by atoms with E-state index < -0.39 is 0 Å². The fourth-order valence-corrected chi connectivity index (χ4v) is 2.32. The summed E-state index contributed by atoms with van der Waals surface area (Å²) in [5.41, 5.74) is 5.96. The van der Waals surface area contributed by atoms with Crippen LogP contribution in [0.2, 0.25) is 0 Å². The molecular weight excluding hydrogens is 298 g/mol. The van der Waals surface area contributed by atoms with Crippen LogP contribution in [-0.2, 0) is 11.2 Å². The Morgan fingerprint density at radius 3 is 2.85 bits per heavy atom. The Labute approximate surface area is 130 Å². The highest BCUT2D eigenvalue weighted by molar-refractivity contribution is 7.09. The second kappa shape index (κ2) is 9.28. The maximum atomic E-state index is 12.0. The van der Waals surface area contributed by atoms with E-state index >= 15 is 0 Å². The molecule has 1 aromatic heterocycles. The summed E-state index contributed by atoms with van der Waals surface area (Å²) in [4.78, 5) is 16.2. The molecule has 1 amide bonds. The smallest absolute Gasteiger partial charge is 0.270 e. The SMILES string of the molecule is COCCC(C)(C)CNC(=O)c1csc(CCN)n1.Cl. The van der Waals surface area contributed by atoms with E-state index in [-0.39, 0.29) is 23.7 Å². The number of amides is 1. The van der Waals surface area contributed by atoms with E-state index in [1.807, 2.05) is 0 Å². The molecule has 0 aliphatic rings. The van der Waals surface area contributed by atoms with Crippen molar-refractivity contribution < 1.29 is 9.53 Å². The summed E-state index contributed by atoms with van der Waals surface area (Å²) in [5.74, 6) is -0.120. The molecule has 0 saturated heterocycles. The third kappa shape index (κ3) is 6.65. The van der Waals surface area contributed by atoms with Gasteiger partial charge in [0.25, 0.3) is 5.91 Å². The van der Waals surface area contributed by atoms with E-state index in [9.17, 15) is 4.79 Å². The molecule has 0 fully saturated rings. The predicted molar refractivity (Wildman–Crippen MR) is 84.7 cm³/mol. The van der Waals surface area contributed by atoms with Gasteiger partial charge in [-0.05, 0) is 18.4 Å². The van der Waals surface area contributed by atoms with Gasteiger partial charge in [0.2, 0.25) is 0 Å². The summed E-state index contributed by atoms with van der Waals surface area (Å²) in [7, 11) is 1.68. The van der Waals surface area contributed by atoms with E-state index in [2.05, 4.69) is 24.1 Å². The second-order valence-corrected chi connectivity index (χ2v) is 6.20. The lowest BCUT2D eigenvalue weighted by Crippen LogP contribution is -2.34. The minimum absolute atomic E-state index is 0. The van der Waals surface area contributed by atoms with Crippen molar-refractivity contribution in [3.05, 3.63) is 16.1 Å². The number of carbonyl (C=O) groups is 1. The molecule has 7 heteroatoms. The van der Waals surface area contributed by atoms with E-state index in [1.54, 1.807) is 12.5 Å². The molecule has 1 rings (SSSR count). The standard InChI is InChI=1S/C13H23N3O2S.ClH/c1-13(2,5-7-18-3)9-15-12(17)10-8-19-11(16-10)4-6-14;/h8H,4-7,9,14H2,1-3H3,(H,15,17);1H. The molecule has 5 nitrogen and oxygen atoms in total. The number of halogens is 1. The molecule has 0 atom stereocenters. The molecule has 1 aromatic rings. The lowest BCUT2D eigenvalue weighted by molar-refractivity contribution is 0.0916. The van der Waals surface area contributed by atoms with Crippen molar-refractivity contribution in [2.24, 2.45) is 11.1 Å². The van der Waals surface area contributed by atoms with Gasteiger partial charge >= 0.3 is 0 Å². The Balaban J connectivity index is 0.00000361. The average Bonchev–Trinajstić information content (AvgIpc) is 2.83. The Morgan fingerprint density at radius 2 is 2.25 bits per heavy atom. The van der Waals surface area contributed by atoms with Crippen LogP contribution in [0, 0.1) is 5.41 Å². The van der Waals surface area contributed by atoms with E-state index in [4.69, 9.17) is 10.5 Å². The molecule has 0 radical (unpaired) electrons. The summed E-state index contributed by atoms with van der Waals surface area (Å²) in [6.45, 7) is 6.07. The van der Waals surface area contributed by atoms with E-state index in [0.717, 1.165) is 17.8 Å². The fraction of sp³-hybridized carbons (Fsp3) is 0.692. The minimum atomic E-state index is -0.120. The summed E-state index contributed by atoms with van der Waals surface area (Å²) >= 11 is 1.48. The van der Waals surface area contributed by atoms with Crippen LogP contribution in [0.25, 0.3) is 0 Å². The number of hydrogen-bond donors (Lipinski definition) is 2. The maximum absolute atomic E-state index is 12.0. The van der Waals surface area contributed by atoms with Gasteiger partial charge in [-0.3, -0.25) is 4.79 Å². The molecule has 3 N–H and O–H groups in total. The van der Waals surface area contributed by atoms with Crippen LogP contribution in [0.1, 0.15) is 35.8 Å². The van der Waals surface area contributed by atoms with Crippen LogP contribution >= 0.6 is 23.7 Å². The quantitative estimate of drug-likeness (QED) is 0.766. The molecule has 20 heavy (non-hydrogen) atoms. The van der Waals surface area contributed by atoms with Gasteiger partial charge in [0.05, 0.1) is 5.01 Å². The molecule has 0 aromatic carbocycles. The van der Waals surface area contributed by atoms with Crippen molar-refractivity contribution in [3.8, 4) is 0 Å². The molecular formula is C13H24ClN3O2S. The topological polar surface area (TPSA) is 77.2 Å². The zero-order valence-corrected chi connectivity index (χ0v) is 13.9. The van der Waals surface area contributed by atoms with Crippen LogP contribution in [0.5, 0.6) is 0 Å².